The van der Waals surface area contributed by atoms with E-state index >= 15 is 4.39 Å². The summed E-state index contributed by atoms with van der Waals surface area (Å²) in [6.07, 6.45) is 5.18. The first-order valence-corrected chi connectivity index (χ1v) is 9.84. The molecular weight excluding hydrogens is 335 g/mol. The first-order chi connectivity index (χ1) is 12.2. The quantitative estimate of drug-likeness (QED) is 0.760. The summed E-state index contributed by atoms with van der Waals surface area (Å²) >= 11 is 0. The van der Waals surface area contributed by atoms with Crippen LogP contribution in [-0.2, 0) is 14.4 Å². The van der Waals surface area contributed by atoms with Gasteiger partial charge in [0.05, 0.1) is 0 Å². The zero-order valence-corrected chi connectivity index (χ0v) is 15.5. The summed E-state index contributed by atoms with van der Waals surface area (Å²) in [5.41, 5.74) is 0.0833. The summed E-state index contributed by atoms with van der Waals surface area (Å²) in [6.45, 7) is 4.17. The van der Waals surface area contributed by atoms with Gasteiger partial charge in [0.15, 0.2) is 5.78 Å². The molecule has 0 amide bonds. The molecule has 4 nitrogen and oxygen atoms in total. The Balaban J connectivity index is 1.68. The minimum Gasteiger partial charge on any atom is -0.475 e. The molecule has 3 fully saturated rings. The Labute approximate surface area is 153 Å². The van der Waals surface area contributed by atoms with Crippen molar-refractivity contribution in [3.63, 3.8) is 0 Å². The Morgan fingerprint density at radius 3 is 2.58 bits per heavy atom. The summed E-state index contributed by atoms with van der Waals surface area (Å²) in [7, 11) is 0. The van der Waals surface area contributed by atoms with E-state index in [1.165, 1.54) is 0 Å². The van der Waals surface area contributed by atoms with E-state index in [0.29, 0.717) is 37.2 Å². The number of fused-ring (bicyclic) bond motifs is 5. The number of halogens is 1. The molecular formula is C21H27FO4. The van der Waals surface area contributed by atoms with E-state index in [0.717, 1.165) is 19.3 Å². The van der Waals surface area contributed by atoms with Gasteiger partial charge in [-0.25, -0.2) is 9.18 Å². The van der Waals surface area contributed by atoms with Crippen molar-refractivity contribution >= 4 is 17.5 Å². The van der Waals surface area contributed by atoms with E-state index in [9.17, 15) is 19.5 Å². The summed E-state index contributed by atoms with van der Waals surface area (Å²) in [6, 6.07) is 0. The largest absolute Gasteiger partial charge is 0.475 e. The van der Waals surface area contributed by atoms with E-state index in [2.05, 4.69) is 13.8 Å². The fourth-order valence-corrected chi connectivity index (χ4v) is 7.14. The Kier molecular flexibility index (Phi) is 3.94. The van der Waals surface area contributed by atoms with Crippen LogP contribution in [0.5, 0.6) is 0 Å². The summed E-state index contributed by atoms with van der Waals surface area (Å²) in [5, 5.41) is 9.19. The first kappa shape index (κ1) is 17.9. The molecule has 4 aliphatic carbocycles. The topological polar surface area (TPSA) is 71.4 Å². The number of carboxylic acid groups (broad SMARTS) is 1. The van der Waals surface area contributed by atoms with Crippen molar-refractivity contribution in [2.75, 3.05) is 0 Å². The Hall–Kier alpha value is -1.52. The highest BCUT2D eigenvalue weighted by Crippen LogP contribution is 2.67. The van der Waals surface area contributed by atoms with Gasteiger partial charge in [0, 0.05) is 12.3 Å². The fraction of sp³-hybridized carbons (Fsp3) is 0.762. The van der Waals surface area contributed by atoms with Crippen LogP contribution in [-0.4, -0.2) is 28.8 Å². The molecule has 1 N–H and O–H groups in total. The van der Waals surface area contributed by atoms with Gasteiger partial charge in [0.1, 0.15) is 6.17 Å². The van der Waals surface area contributed by atoms with Gasteiger partial charge in [-0.3, -0.25) is 9.59 Å². The molecule has 26 heavy (non-hydrogen) atoms. The molecule has 0 aromatic rings. The molecule has 0 spiro atoms. The molecule has 0 radical (unpaired) electrons. The van der Waals surface area contributed by atoms with Crippen LogP contribution in [0.25, 0.3) is 0 Å². The lowest BCUT2D eigenvalue weighted by atomic mass is 9.46. The second kappa shape index (κ2) is 5.74. The van der Waals surface area contributed by atoms with Gasteiger partial charge in [-0.2, -0.15) is 0 Å². The average molecular weight is 362 g/mol. The van der Waals surface area contributed by atoms with E-state index in [4.69, 9.17) is 0 Å². The Bertz CT molecular complexity index is 713. The molecule has 0 saturated heterocycles. The lowest BCUT2D eigenvalue weighted by Crippen LogP contribution is -2.53. The van der Waals surface area contributed by atoms with E-state index in [1.807, 2.05) is 0 Å². The van der Waals surface area contributed by atoms with E-state index in [1.54, 1.807) is 6.08 Å². The molecule has 0 aromatic heterocycles. The zero-order chi connectivity index (χ0) is 18.9. The maximum atomic E-state index is 15.1. The average Bonchev–Trinajstić information content (AvgIpc) is 2.93. The van der Waals surface area contributed by atoms with Crippen molar-refractivity contribution in [3.05, 3.63) is 11.6 Å². The van der Waals surface area contributed by atoms with Crippen molar-refractivity contribution in [2.45, 2.75) is 65.0 Å². The van der Waals surface area contributed by atoms with Gasteiger partial charge < -0.3 is 5.11 Å². The fourth-order valence-electron chi connectivity index (χ4n) is 7.14. The summed E-state index contributed by atoms with van der Waals surface area (Å²) in [4.78, 5) is 35.3. The van der Waals surface area contributed by atoms with Gasteiger partial charge >= 0.3 is 5.97 Å². The molecule has 5 heteroatoms. The first-order valence-electron chi connectivity index (χ1n) is 9.84. The van der Waals surface area contributed by atoms with E-state index in [-0.39, 0.29) is 28.4 Å². The zero-order valence-electron chi connectivity index (χ0n) is 15.5. The molecule has 0 bridgehead atoms. The highest BCUT2D eigenvalue weighted by atomic mass is 19.1. The molecule has 0 aromatic carbocycles. The van der Waals surface area contributed by atoms with Gasteiger partial charge in [0.2, 0.25) is 5.78 Å². The number of aliphatic carboxylic acids is 1. The lowest BCUT2D eigenvalue weighted by Gasteiger charge is -2.58. The number of Topliss-reactive ketones (excluding diaryl/α,β-unsaturated/α-hetero) is 1. The maximum Gasteiger partial charge on any atom is 0.372 e. The third-order valence-electron chi connectivity index (χ3n) is 8.47. The van der Waals surface area contributed by atoms with Gasteiger partial charge in [-0.15, -0.1) is 0 Å². The highest BCUT2D eigenvalue weighted by Gasteiger charge is 2.62. The second-order valence-electron chi connectivity index (χ2n) is 9.41. The van der Waals surface area contributed by atoms with Gasteiger partial charge in [-0.05, 0) is 78.8 Å². The smallest absolute Gasteiger partial charge is 0.372 e. The van der Waals surface area contributed by atoms with Gasteiger partial charge in [0.25, 0.3) is 0 Å². The van der Waals surface area contributed by atoms with Crippen LogP contribution >= 0.6 is 0 Å². The standard InChI is InChI=1S/C21H27FO4/c1-20-8-6-14-12(13(20)3-4-15(20)18(24)19(25)26)10-17(22)16-9-11(23)5-7-21(14,16)2/h9,12-15,17H,3-8,10H2,1-2H3,(H,25,26)/t12-,13-,14-,15+,17?,20-,21+/m0/s1. The monoisotopic (exact) mass is 362 g/mol. The highest BCUT2D eigenvalue weighted by molar-refractivity contribution is 6.33. The molecule has 3 saturated carbocycles. The van der Waals surface area contributed by atoms with Crippen molar-refractivity contribution in [2.24, 2.45) is 34.5 Å². The van der Waals surface area contributed by atoms with E-state index < -0.39 is 23.8 Å². The predicted molar refractivity (Wildman–Crippen MR) is 93.1 cm³/mol. The summed E-state index contributed by atoms with van der Waals surface area (Å²) < 4.78 is 15.1. The molecule has 0 heterocycles. The second-order valence-corrected chi connectivity index (χ2v) is 9.41. The van der Waals surface area contributed by atoms with Crippen LogP contribution in [0.15, 0.2) is 11.6 Å². The van der Waals surface area contributed by atoms with Crippen LogP contribution < -0.4 is 0 Å². The number of alkyl halides is 1. The Morgan fingerprint density at radius 2 is 1.88 bits per heavy atom. The number of carbonyl (C=O) groups is 3. The number of hydrogen-bond acceptors (Lipinski definition) is 3. The maximum absolute atomic E-state index is 15.1. The minimum absolute atomic E-state index is 0.0345. The van der Waals surface area contributed by atoms with Crippen molar-refractivity contribution < 1.29 is 23.9 Å². The lowest BCUT2D eigenvalue weighted by molar-refractivity contribution is -0.154. The number of hydrogen-bond donors (Lipinski definition) is 1. The van der Waals surface area contributed by atoms with Crippen LogP contribution in [0, 0.1) is 34.5 Å². The third-order valence-corrected chi connectivity index (χ3v) is 8.47. The molecule has 4 aliphatic rings. The Morgan fingerprint density at radius 1 is 1.15 bits per heavy atom. The summed E-state index contributed by atoms with van der Waals surface area (Å²) in [5.74, 6) is -1.72. The van der Waals surface area contributed by atoms with Crippen LogP contribution in [0.4, 0.5) is 4.39 Å². The van der Waals surface area contributed by atoms with Crippen LogP contribution in [0.3, 0.4) is 0 Å². The minimum atomic E-state index is -1.34. The van der Waals surface area contributed by atoms with Gasteiger partial charge in [-0.1, -0.05) is 13.8 Å². The number of rotatable bonds is 2. The molecule has 4 rings (SSSR count). The number of ketones is 2. The normalized spacial score (nSPS) is 47.4. The van der Waals surface area contributed by atoms with Crippen molar-refractivity contribution in [1.29, 1.82) is 0 Å². The SMILES string of the molecule is C[C@]12CC[C@H]3[C@@H](CC(F)C4=CC(=O)CC[C@@]43C)[C@@H]1CC[C@@H]2C(=O)C(=O)O. The number of carbonyl (C=O) groups excluding carboxylic acids is 2. The predicted octanol–water partition coefficient (Wildman–Crippen LogP) is 3.74. The third kappa shape index (κ3) is 2.28. The molecule has 1 unspecified atom stereocenters. The molecule has 0 aliphatic heterocycles. The van der Waals surface area contributed by atoms with Crippen LogP contribution in [0.2, 0.25) is 0 Å². The van der Waals surface area contributed by atoms with Crippen LogP contribution in [0.1, 0.15) is 58.8 Å². The molecule has 7 atom stereocenters. The van der Waals surface area contributed by atoms with Crippen molar-refractivity contribution in [1.82, 2.24) is 0 Å². The number of allylic oxidation sites excluding steroid dienone is 1. The number of carboxylic acids is 1. The van der Waals surface area contributed by atoms with Crippen molar-refractivity contribution in [3.8, 4) is 0 Å². The molecule has 142 valence electrons.